The monoisotopic (exact) mass is 362 g/mol. The Morgan fingerprint density at radius 2 is 1.84 bits per heavy atom. The molecule has 2 amide bonds. The lowest BCUT2D eigenvalue weighted by Crippen LogP contribution is -2.50. The van der Waals surface area contributed by atoms with Crippen molar-refractivity contribution in [2.75, 3.05) is 33.0 Å². The fraction of sp³-hybridized carbons (Fsp3) is 0.333. The summed E-state index contributed by atoms with van der Waals surface area (Å²) in [5.41, 5.74) is 1.76. The van der Waals surface area contributed by atoms with E-state index < -0.39 is 18.0 Å². The van der Waals surface area contributed by atoms with Crippen molar-refractivity contribution >= 4 is 29.0 Å². The molecule has 7 heteroatoms. The summed E-state index contributed by atoms with van der Waals surface area (Å²) in [5, 5.41) is 16.6. The van der Waals surface area contributed by atoms with Gasteiger partial charge < -0.3 is 20.2 Å². The number of nitrogens with zero attached hydrogens (tertiary/aromatic N) is 1. The predicted octanol–water partition coefficient (Wildman–Crippen LogP) is 3.09. The molecule has 0 saturated heterocycles. The first-order valence-corrected chi connectivity index (χ1v) is 8.84. The highest BCUT2D eigenvalue weighted by atomic mass is 32.1. The van der Waals surface area contributed by atoms with Gasteiger partial charge in [-0.25, -0.2) is 4.79 Å². The Morgan fingerprint density at radius 3 is 2.36 bits per heavy atom. The minimum absolute atomic E-state index is 0.111. The van der Waals surface area contributed by atoms with Crippen molar-refractivity contribution in [3.63, 3.8) is 0 Å². The number of thiophene rings is 1. The second-order valence-corrected chi connectivity index (χ2v) is 7.87. The number of amides is 2. The van der Waals surface area contributed by atoms with E-state index in [1.165, 1.54) is 4.88 Å². The number of hydrogen-bond donors (Lipinski definition) is 3. The average Bonchev–Trinajstić information content (AvgIpc) is 2.99. The summed E-state index contributed by atoms with van der Waals surface area (Å²) in [6.07, 6.45) is -0.111. The number of carboxylic acids is 1. The number of benzene rings is 1. The smallest absolute Gasteiger partial charge is 0.319 e. The lowest BCUT2D eigenvalue weighted by atomic mass is 10.1. The van der Waals surface area contributed by atoms with Crippen LogP contribution >= 0.6 is 11.3 Å². The number of hydrogen-bond acceptors (Lipinski definition) is 3. The van der Waals surface area contributed by atoms with Gasteiger partial charge in [-0.15, -0.1) is 11.3 Å². The first-order chi connectivity index (χ1) is 11.7. The fourth-order valence-electron chi connectivity index (χ4n) is 2.55. The molecule has 0 unspecified atom stereocenters. The zero-order chi connectivity index (χ0) is 18.4. The van der Waals surface area contributed by atoms with Crippen LogP contribution in [-0.2, 0) is 4.79 Å². The molecule has 0 bridgehead atoms. The van der Waals surface area contributed by atoms with Crippen LogP contribution < -0.4 is 10.6 Å². The van der Waals surface area contributed by atoms with Gasteiger partial charge in [0.15, 0.2) is 0 Å². The van der Waals surface area contributed by atoms with E-state index in [-0.39, 0.29) is 6.42 Å². The van der Waals surface area contributed by atoms with Crippen LogP contribution in [0, 0.1) is 0 Å². The Labute approximate surface area is 151 Å². The maximum Gasteiger partial charge on any atom is 0.319 e. The van der Waals surface area contributed by atoms with E-state index in [9.17, 15) is 9.59 Å². The molecule has 25 heavy (non-hydrogen) atoms. The zero-order valence-corrected chi connectivity index (χ0v) is 15.5. The van der Waals surface area contributed by atoms with Gasteiger partial charge in [0.1, 0.15) is 0 Å². The first-order valence-electron chi connectivity index (χ1n) is 7.96. The van der Waals surface area contributed by atoms with Crippen LogP contribution in [0.1, 0.15) is 6.42 Å². The zero-order valence-electron chi connectivity index (χ0n) is 14.7. The molecule has 0 aliphatic heterocycles. The van der Waals surface area contributed by atoms with Crippen LogP contribution in [0.5, 0.6) is 0 Å². The number of carbonyl (C=O) groups is 2. The standard InChI is InChI=1S/C18H23N3O3S/c1-21(2,3)12-15(11-17(22)23)20-18(24)19-14-8-6-13(7-9-14)16-5-4-10-25-16/h4-10,15H,11-12H2,1-3H3,(H2-,19,20,22,23,24)/p+1/t15-/m1/s1. The molecule has 0 saturated carbocycles. The van der Waals surface area contributed by atoms with Gasteiger partial charge in [0, 0.05) is 10.6 Å². The highest BCUT2D eigenvalue weighted by Crippen LogP contribution is 2.25. The van der Waals surface area contributed by atoms with E-state index in [0.29, 0.717) is 16.7 Å². The molecule has 6 nitrogen and oxygen atoms in total. The van der Waals surface area contributed by atoms with E-state index in [1.54, 1.807) is 11.3 Å². The molecule has 134 valence electrons. The molecule has 0 aliphatic carbocycles. The second-order valence-electron chi connectivity index (χ2n) is 6.92. The van der Waals surface area contributed by atoms with Crippen molar-refractivity contribution in [1.29, 1.82) is 0 Å². The number of quaternary nitrogens is 1. The van der Waals surface area contributed by atoms with Crippen molar-refractivity contribution in [2.24, 2.45) is 0 Å². The third kappa shape index (κ3) is 6.56. The Balaban J connectivity index is 1.96. The largest absolute Gasteiger partial charge is 0.481 e. The molecule has 0 spiro atoms. The number of carboxylic acid groups (broad SMARTS) is 1. The first kappa shape index (κ1) is 19.0. The van der Waals surface area contributed by atoms with Gasteiger partial charge in [-0.1, -0.05) is 18.2 Å². The number of rotatable bonds is 7. The maximum atomic E-state index is 12.2. The molecule has 0 aliphatic rings. The van der Waals surface area contributed by atoms with Gasteiger partial charge in [-0.2, -0.15) is 0 Å². The van der Waals surface area contributed by atoms with Gasteiger partial charge in [-0.05, 0) is 29.1 Å². The maximum absolute atomic E-state index is 12.2. The van der Waals surface area contributed by atoms with Crippen LogP contribution in [0.2, 0.25) is 0 Å². The minimum Gasteiger partial charge on any atom is -0.481 e. The topological polar surface area (TPSA) is 78.4 Å². The number of nitrogens with one attached hydrogen (secondary N) is 2. The Morgan fingerprint density at radius 1 is 1.16 bits per heavy atom. The Hall–Kier alpha value is -2.38. The molecular weight excluding hydrogens is 338 g/mol. The highest BCUT2D eigenvalue weighted by Gasteiger charge is 2.22. The summed E-state index contributed by atoms with van der Waals surface area (Å²) in [6, 6.07) is 10.8. The minimum atomic E-state index is -0.931. The average molecular weight is 362 g/mol. The summed E-state index contributed by atoms with van der Waals surface area (Å²) in [4.78, 5) is 24.4. The van der Waals surface area contributed by atoms with Crippen LogP contribution in [0.25, 0.3) is 10.4 Å². The molecule has 2 rings (SSSR count). The van der Waals surface area contributed by atoms with E-state index in [1.807, 2.05) is 62.9 Å². The second kappa shape index (κ2) is 8.13. The number of anilines is 1. The summed E-state index contributed by atoms with van der Waals surface area (Å²) < 4.78 is 0.563. The third-order valence-corrected chi connectivity index (χ3v) is 4.39. The lowest BCUT2D eigenvalue weighted by molar-refractivity contribution is -0.871. The quantitative estimate of drug-likeness (QED) is 0.662. The van der Waals surface area contributed by atoms with E-state index in [4.69, 9.17) is 5.11 Å². The summed E-state index contributed by atoms with van der Waals surface area (Å²) in [7, 11) is 5.87. The number of carbonyl (C=O) groups excluding carboxylic acids is 1. The third-order valence-electron chi connectivity index (χ3n) is 3.47. The van der Waals surface area contributed by atoms with Crippen LogP contribution in [0.4, 0.5) is 10.5 Å². The highest BCUT2D eigenvalue weighted by molar-refractivity contribution is 7.13. The van der Waals surface area contributed by atoms with Crippen molar-refractivity contribution in [3.05, 3.63) is 41.8 Å². The van der Waals surface area contributed by atoms with Gasteiger partial charge >= 0.3 is 12.0 Å². The molecule has 1 aromatic carbocycles. The molecule has 0 radical (unpaired) electrons. The number of aliphatic carboxylic acids is 1. The Kier molecular flexibility index (Phi) is 6.17. The lowest BCUT2D eigenvalue weighted by Gasteiger charge is -2.29. The molecule has 2 aromatic rings. The molecule has 1 aromatic heterocycles. The van der Waals surface area contributed by atoms with Crippen LogP contribution in [-0.4, -0.2) is 55.3 Å². The van der Waals surface area contributed by atoms with E-state index >= 15 is 0 Å². The molecule has 1 heterocycles. The van der Waals surface area contributed by atoms with Crippen molar-refractivity contribution in [1.82, 2.24) is 5.32 Å². The molecule has 1 atom stereocenters. The SMILES string of the molecule is C[N+](C)(C)C[C@@H](CC(=O)O)NC(=O)Nc1ccc(-c2cccs2)cc1. The number of likely N-dealkylation sites (N-methyl/N-ethyl adjacent to an activating group) is 1. The summed E-state index contributed by atoms with van der Waals surface area (Å²) in [5.74, 6) is -0.931. The summed E-state index contributed by atoms with van der Waals surface area (Å²) >= 11 is 1.66. The molecular formula is C18H24N3O3S+. The number of urea groups is 1. The normalized spacial score (nSPS) is 12.4. The molecule has 0 fully saturated rings. The van der Waals surface area contributed by atoms with Gasteiger partial charge in [0.05, 0.1) is 40.2 Å². The van der Waals surface area contributed by atoms with Crippen LogP contribution in [0.15, 0.2) is 41.8 Å². The van der Waals surface area contributed by atoms with Crippen molar-refractivity contribution in [3.8, 4) is 10.4 Å². The van der Waals surface area contributed by atoms with Crippen LogP contribution in [0.3, 0.4) is 0 Å². The van der Waals surface area contributed by atoms with Gasteiger partial charge in [-0.3, -0.25) is 4.79 Å². The Bertz CT molecular complexity index is 706. The van der Waals surface area contributed by atoms with Gasteiger partial charge in [0.2, 0.25) is 0 Å². The van der Waals surface area contributed by atoms with E-state index in [0.717, 1.165) is 5.56 Å². The van der Waals surface area contributed by atoms with Crippen molar-refractivity contribution < 1.29 is 19.2 Å². The van der Waals surface area contributed by atoms with Gasteiger partial charge in [0.25, 0.3) is 0 Å². The predicted molar refractivity (Wildman–Crippen MR) is 101 cm³/mol. The molecule has 3 N–H and O–H groups in total. The van der Waals surface area contributed by atoms with E-state index in [2.05, 4.69) is 10.6 Å². The van der Waals surface area contributed by atoms with Crippen molar-refractivity contribution in [2.45, 2.75) is 12.5 Å². The fourth-order valence-corrected chi connectivity index (χ4v) is 3.28. The summed E-state index contributed by atoms with van der Waals surface area (Å²) in [6.45, 7) is 0.525.